The van der Waals surface area contributed by atoms with Gasteiger partial charge in [-0.2, -0.15) is 13.2 Å². The van der Waals surface area contributed by atoms with Gasteiger partial charge >= 0.3 is 12.2 Å². The summed E-state index contributed by atoms with van der Waals surface area (Å²) in [7, 11) is -2.63. The van der Waals surface area contributed by atoms with Crippen LogP contribution in [0.25, 0.3) is 0 Å². The van der Waals surface area contributed by atoms with Gasteiger partial charge < -0.3 is 14.5 Å². The molecule has 1 atom stereocenters. The summed E-state index contributed by atoms with van der Waals surface area (Å²) in [5.41, 5.74) is -0.613. The number of hydrogen-bond acceptors (Lipinski definition) is 7. The molecule has 206 valence electrons. The molecule has 1 saturated heterocycles. The minimum absolute atomic E-state index is 0.0989. The lowest BCUT2D eigenvalue weighted by molar-refractivity contribution is -0.140. The van der Waals surface area contributed by atoms with Crippen molar-refractivity contribution in [3.63, 3.8) is 0 Å². The number of likely N-dealkylation sites (N-methyl/N-ethyl adjacent to an activating group) is 1. The second kappa shape index (κ2) is 10.9. The smallest absolute Gasteiger partial charge is 0.417 e. The van der Waals surface area contributed by atoms with Crippen molar-refractivity contribution in [3.05, 3.63) is 59.7 Å². The first kappa shape index (κ1) is 27.8. The number of aromatic nitrogens is 3. The van der Waals surface area contributed by atoms with Crippen LogP contribution in [0.3, 0.4) is 0 Å². The molecule has 1 aliphatic heterocycles. The number of nitrogens with zero attached hydrogens (tertiary/aromatic N) is 5. The van der Waals surface area contributed by atoms with Crippen LogP contribution >= 0.6 is 0 Å². The van der Waals surface area contributed by atoms with Crippen molar-refractivity contribution in [3.8, 4) is 11.8 Å². The highest BCUT2D eigenvalue weighted by Crippen LogP contribution is 2.35. The van der Waals surface area contributed by atoms with Crippen molar-refractivity contribution in [2.45, 2.75) is 37.5 Å². The summed E-state index contributed by atoms with van der Waals surface area (Å²) < 4.78 is 89.1. The van der Waals surface area contributed by atoms with Gasteiger partial charge in [-0.05, 0) is 51.2 Å². The van der Waals surface area contributed by atoms with E-state index in [0.29, 0.717) is 24.4 Å². The number of hydrogen-bond donors (Lipinski definition) is 1. The van der Waals surface area contributed by atoms with Gasteiger partial charge in [-0.15, -0.1) is 5.10 Å². The third-order valence-corrected chi connectivity index (χ3v) is 7.81. The fourth-order valence-electron chi connectivity index (χ4n) is 4.21. The van der Waals surface area contributed by atoms with E-state index in [2.05, 4.69) is 31.8 Å². The Morgan fingerprint density at radius 2 is 1.79 bits per heavy atom. The molecule has 2 aromatic carbocycles. The highest BCUT2D eigenvalue weighted by atomic mass is 32.2. The van der Waals surface area contributed by atoms with Crippen molar-refractivity contribution in [2.75, 3.05) is 38.1 Å². The maximum atomic E-state index is 13.5. The van der Waals surface area contributed by atoms with Crippen LogP contribution in [0.4, 0.5) is 23.2 Å². The van der Waals surface area contributed by atoms with Gasteiger partial charge in [-0.1, -0.05) is 11.2 Å². The molecule has 14 heteroatoms. The molecule has 4 rings (SSSR count). The van der Waals surface area contributed by atoms with Crippen molar-refractivity contribution < 1.29 is 30.7 Å². The summed E-state index contributed by atoms with van der Waals surface area (Å²) in [5.74, 6) is -0.560. The van der Waals surface area contributed by atoms with Crippen LogP contribution in [-0.4, -0.2) is 61.3 Å². The molecule has 3 aromatic rings. The number of alkyl halides is 3. The number of rotatable bonds is 8. The number of nitrogens with one attached hydrogen (secondary N) is 1. The SMILES string of the molecule is CCn1c(Oc2cccc(N3CCN(C)CC3)c2)nnc1[C@@H](C)NS(=O)(=O)c1ccc(F)cc1C(F)(F)F. The lowest BCUT2D eigenvalue weighted by atomic mass is 10.2. The van der Waals surface area contributed by atoms with E-state index in [-0.39, 0.29) is 17.9 Å². The van der Waals surface area contributed by atoms with Gasteiger partial charge in [0, 0.05) is 44.5 Å². The maximum absolute atomic E-state index is 13.5. The molecule has 1 aliphatic rings. The van der Waals surface area contributed by atoms with E-state index in [9.17, 15) is 26.0 Å². The van der Waals surface area contributed by atoms with E-state index in [1.807, 2.05) is 18.2 Å². The number of halogens is 4. The highest BCUT2D eigenvalue weighted by molar-refractivity contribution is 7.89. The van der Waals surface area contributed by atoms with Crippen molar-refractivity contribution in [2.24, 2.45) is 0 Å². The number of sulfonamides is 1. The average Bonchev–Trinajstić information content (AvgIpc) is 3.26. The van der Waals surface area contributed by atoms with Crippen LogP contribution in [0.1, 0.15) is 31.3 Å². The third kappa shape index (κ3) is 6.08. The van der Waals surface area contributed by atoms with Gasteiger partial charge in [0.15, 0.2) is 5.82 Å². The zero-order chi connectivity index (χ0) is 27.7. The Labute approximate surface area is 218 Å². The Balaban J connectivity index is 1.55. The Kier molecular flexibility index (Phi) is 7.95. The third-order valence-electron chi connectivity index (χ3n) is 6.21. The summed E-state index contributed by atoms with van der Waals surface area (Å²) in [6.07, 6.45) is -5.07. The Morgan fingerprint density at radius 3 is 2.45 bits per heavy atom. The van der Waals surface area contributed by atoms with Crippen LogP contribution in [0.2, 0.25) is 0 Å². The van der Waals surface area contributed by atoms with Crippen LogP contribution in [0.5, 0.6) is 11.8 Å². The quantitative estimate of drug-likeness (QED) is 0.419. The van der Waals surface area contributed by atoms with Gasteiger partial charge in [0.2, 0.25) is 10.0 Å². The molecule has 0 amide bonds. The predicted molar refractivity (Wildman–Crippen MR) is 132 cm³/mol. The monoisotopic (exact) mass is 556 g/mol. The van der Waals surface area contributed by atoms with E-state index in [1.165, 1.54) is 11.5 Å². The second-order valence-electron chi connectivity index (χ2n) is 8.96. The van der Waals surface area contributed by atoms with Crippen molar-refractivity contribution in [1.82, 2.24) is 24.4 Å². The molecule has 0 bridgehead atoms. The predicted octanol–water partition coefficient (Wildman–Crippen LogP) is 4.04. The normalized spacial score (nSPS) is 16.0. The van der Waals surface area contributed by atoms with Crippen LogP contribution in [-0.2, 0) is 22.7 Å². The standard InChI is InChI=1S/C24H28F4N6O3S/c1-4-34-22(16(2)31-38(35,36)21-9-8-17(25)14-20(21)24(26,27)28)29-30-23(34)37-19-7-5-6-18(15-19)33-12-10-32(3)11-13-33/h5-9,14-16,31H,4,10-13H2,1-3H3/t16-/m1/s1. The van der Waals surface area contributed by atoms with Gasteiger partial charge in [-0.3, -0.25) is 4.57 Å². The first-order chi connectivity index (χ1) is 17.9. The summed E-state index contributed by atoms with van der Waals surface area (Å²) >= 11 is 0. The molecule has 0 unspecified atom stereocenters. The maximum Gasteiger partial charge on any atom is 0.417 e. The van der Waals surface area contributed by atoms with E-state index in [0.717, 1.165) is 31.9 Å². The van der Waals surface area contributed by atoms with Crippen LogP contribution < -0.4 is 14.4 Å². The fourth-order valence-corrected chi connectivity index (χ4v) is 5.62. The largest absolute Gasteiger partial charge is 0.424 e. The van der Waals surface area contributed by atoms with Gasteiger partial charge in [0.1, 0.15) is 11.6 Å². The molecule has 38 heavy (non-hydrogen) atoms. The highest BCUT2D eigenvalue weighted by Gasteiger charge is 2.38. The molecule has 1 fully saturated rings. The first-order valence-corrected chi connectivity index (χ1v) is 13.4. The van der Waals surface area contributed by atoms with Crippen LogP contribution in [0, 0.1) is 5.82 Å². The first-order valence-electron chi connectivity index (χ1n) is 11.9. The Hall–Kier alpha value is -3.23. The lowest BCUT2D eigenvalue weighted by Gasteiger charge is -2.34. The molecule has 1 aromatic heterocycles. The fraction of sp³-hybridized carbons (Fsp3) is 0.417. The van der Waals surface area contributed by atoms with Crippen molar-refractivity contribution >= 4 is 15.7 Å². The molecule has 1 N–H and O–H groups in total. The molecular weight excluding hydrogens is 528 g/mol. The minimum Gasteiger partial charge on any atom is -0.424 e. The van der Waals surface area contributed by atoms with Crippen molar-refractivity contribution in [1.29, 1.82) is 0 Å². The Bertz CT molecular complexity index is 1390. The molecule has 0 radical (unpaired) electrons. The number of benzene rings is 2. The molecule has 2 heterocycles. The summed E-state index contributed by atoms with van der Waals surface area (Å²) in [5, 5.41) is 8.06. The number of piperazine rings is 1. The van der Waals surface area contributed by atoms with Gasteiger partial charge in [0.05, 0.1) is 16.5 Å². The number of ether oxygens (including phenoxy) is 1. The second-order valence-corrected chi connectivity index (χ2v) is 10.6. The number of anilines is 1. The van der Waals surface area contributed by atoms with E-state index < -0.39 is 38.5 Å². The lowest BCUT2D eigenvalue weighted by Crippen LogP contribution is -2.44. The molecular formula is C24H28F4N6O3S. The zero-order valence-electron chi connectivity index (χ0n) is 21.0. The minimum atomic E-state index is -5.07. The van der Waals surface area contributed by atoms with Crippen LogP contribution in [0.15, 0.2) is 47.4 Å². The topological polar surface area (TPSA) is 92.6 Å². The molecule has 9 nitrogen and oxygen atoms in total. The van der Waals surface area contributed by atoms with E-state index >= 15 is 0 Å². The molecule has 0 spiro atoms. The van der Waals surface area contributed by atoms with Gasteiger partial charge in [-0.25, -0.2) is 17.5 Å². The molecule has 0 aliphatic carbocycles. The average molecular weight is 557 g/mol. The van der Waals surface area contributed by atoms with Gasteiger partial charge in [0.25, 0.3) is 0 Å². The summed E-state index contributed by atoms with van der Waals surface area (Å²) in [6, 6.07) is 7.88. The van der Waals surface area contributed by atoms with E-state index in [1.54, 1.807) is 13.0 Å². The molecule has 0 saturated carbocycles. The van der Waals surface area contributed by atoms with E-state index in [4.69, 9.17) is 4.74 Å². The summed E-state index contributed by atoms with van der Waals surface area (Å²) in [4.78, 5) is 3.40. The Morgan fingerprint density at radius 1 is 1.08 bits per heavy atom. The summed E-state index contributed by atoms with van der Waals surface area (Å²) in [6.45, 7) is 7.11. The zero-order valence-corrected chi connectivity index (χ0v) is 21.9.